The summed E-state index contributed by atoms with van der Waals surface area (Å²) in [6, 6.07) is 15.9. The predicted octanol–water partition coefficient (Wildman–Crippen LogP) is 9.06. The van der Waals surface area contributed by atoms with Gasteiger partial charge in [-0.25, -0.2) is 4.79 Å². The van der Waals surface area contributed by atoms with Gasteiger partial charge in [-0.1, -0.05) is 65.7 Å². The van der Waals surface area contributed by atoms with E-state index in [2.05, 4.69) is 9.98 Å². The quantitative estimate of drug-likeness (QED) is 0.212. The molecule has 1 atom stereocenters. The van der Waals surface area contributed by atoms with Crippen LogP contribution in [0.5, 0.6) is 17.2 Å². The van der Waals surface area contributed by atoms with Gasteiger partial charge in [-0.15, -0.1) is 0 Å². The molecule has 1 N–H and O–H groups in total. The minimum atomic E-state index is -1.05. The van der Waals surface area contributed by atoms with E-state index in [1.807, 2.05) is 42.7 Å². The molecule has 0 aromatic heterocycles. The maximum atomic E-state index is 10.2. The molecule has 0 bridgehead atoms. The Kier molecular flexibility index (Phi) is 12.8. The van der Waals surface area contributed by atoms with Gasteiger partial charge in [-0.05, 0) is 49.1 Å². The lowest BCUT2D eigenvalue weighted by atomic mass is 9.90. The maximum absolute atomic E-state index is 10.2. The van der Waals surface area contributed by atoms with Gasteiger partial charge in [0.1, 0.15) is 35.0 Å². The van der Waals surface area contributed by atoms with Crippen LogP contribution >= 0.6 is 46.4 Å². The highest BCUT2D eigenvalue weighted by Crippen LogP contribution is 2.43. The second-order valence-corrected chi connectivity index (χ2v) is 12.0. The van der Waals surface area contributed by atoms with E-state index in [1.165, 1.54) is 50.6 Å². The van der Waals surface area contributed by atoms with Crippen LogP contribution in [0.4, 0.5) is 11.4 Å². The molecular formula is C32H34Cl4N3O6+. The lowest BCUT2D eigenvalue weighted by Gasteiger charge is -2.39. The van der Waals surface area contributed by atoms with Crippen molar-refractivity contribution >= 4 is 76.4 Å². The zero-order chi connectivity index (χ0) is 32.4. The Bertz CT molecular complexity index is 1480. The summed E-state index contributed by atoms with van der Waals surface area (Å²) in [5.74, 6) is 0.995. The molecule has 1 unspecified atom stereocenters. The molecule has 3 aromatic carbocycles. The molecule has 240 valence electrons. The molecule has 13 heteroatoms. The van der Waals surface area contributed by atoms with E-state index >= 15 is 0 Å². The molecule has 1 aliphatic carbocycles. The Labute approximate surface area is 282 Å². The van der Waals surface area contributed by atoms with Crippen LogP contribution in [0.25, 0.3) is 0 Å². The Morgan fingerprint density at radius 1 is 0.844 bits per heavy atom. The van der Waals surface area contributed by atoms with Crippen LogP contribution in [-0.4, -0.2) is 57.5 Å². The van der Waals surface area contributed by atoms with Crippen LogP contribution in [0.15, 0.2) is 64.6 Å². The van der Waals surface area contributed by atoms with E-state index in [0.29, 0.717) is 49.9 Å². The van der Waals surface area contributed by atoms with Gasteiger partial charge in [0.05, 0.1) is 35.9 Å². The van der Waals surface area contributed by atoms with E-state index in [9.17, 15) is 4.79 Å². The smallest absolute Gasteiger partial charge is 0.341 e. The fourth-order valence-electron chi connectivity index (χ4n) is 5.17. The standard InChI is InChI=1S/C24H28Cl2N3O3.C8H6Cl2O3/c1-30-22-10-8-18(12-20(22)25)29(19-9-11-23(31-2)21(26)13-19)16-27-15-28-24(29)32-14-17-6-4-3-5-7-17;9-5-1-2-7(6(10)3-5)13-4-8(11)12/h8-13,15-17,24H,3-7,14H2,1-2H3;1-3H,4H2,(H,11,12)/q+1;. The number of carboxylic acids is 1. The number of halogens is 4. The predicted molar refractivity (Wildman–Crippen MR) is 180 cm³/mol. The minimum Gasteiger partial charge on any atom is -0.495 e. The Morgan fingerprint density at radius 3 is 1.96 bits per heavy atom. The maximum Gasteiger partial charge on any atom is 0.341 e. The van der Waals surface area contributed by atoms with Crippen molar-refractivity contribution in [1.82, 2.24) is 4.48 Å². The van der Waals surface area contributed by atoms with Crippen molar-refractivity contribution in [3.63, 3.8) is 0 Å². The molecule has 2 aliphatic rings. The summed E-state index contributed by atoms with van der Waals surface area (Å²) in [5.41, 5.74) is 1.68. The zero-order valence-corrected chi connectivity index (χ0v) is 27.8. The van der Waals surface area contributed by atoms with Gasteiger partial charge in [-0.3, -0.25) is 0 Å². The van der Waals surface area contributed by atoms with Crippen LogP contribution in [0.1, 0.15) is 32.1 Å². The number of methoxy groups -OCH3 is 2. The van der Waals surface area contributed by atoms with Crippen molar-refractivity contribution in [3.8, 4) is 17.2 Å². The van der Waals surface area contributed by atoms with E-state index in [4.69, 9.17) is 70.5 Å². The fraction of sp³-hybridized carbons (Fsp3) is 0.344. The van der Waals surface area contributed by atoms with Crippen molar-refractivity contribution in [2.24, 2.45) is 15.9 Å². The van der Waals surface area contributed by atoms with Gasteiger partial charge >= 0.3 is 12.3 Å². The highest BCUT2D eigenvalue weighted by Gasteiger charge is 2.44. The summed E-state index contributed by atoms with van der Waals surface area (Å²) >= 11 is 24.4. The number of carboxylic acid groups (broad SMARTS) is 1. The largest absolute Gasteiger partial charge is 0.495 e. The Balaban J connectivity index is 0.000000297. The van der Waals surface area contributed by atoms with Crippen LogP contribution < -0.4 is 18.7 Å². The Hall–Kier alpha value is -3.05. The third-order valence-corrected chi connectivity index (χ3v) is 8.56. The van der Waals surface area contributed by atoms with Crippen molar-refractivity contribution in [1.29, 1.82) is 0 Å². The molecule has 3 aromatic rings. The lowest BCUT2D eigenvalue weighted by molar-refractivity contribution is -0.139. The average molecular weight is 698 g/mol. The van der Waals surface area contributed by atoms with E-state index in [1.54, 1.807) is 20.3 Å². The zero-order valence-electron chi connectivity index (χ0n) is 24.8. The first kappa shape index (κ1) is 34.8. The summed E-state index contributed by atoms with van der Waals surface area (Å²) in [5, 5.41) is 10.1. The highest BCUT2D eigenvalue weighted by molar-refractivity contribution is 6.35. The molecule has 0 amide bonds. The van der Waals surface area contributed by atoms with E-state index in [0.717, 1.165) is 11.4 Å². The van der Waals surface area contributed by atoms with Crippen molar-refractivity contribution in [2.75, 3.05) is 27.4 Å². The summed E-state index contributed by atoms with van der Waals surface area (Å²) in [7, 11) is 3.19. The molecule has 0 spiro atoms. The van der Waals surface area contributed by atoms with Gasteiger partial charge in [0.25, 0.3) is 0 Å². The average Bonchev–Trinajstić information content (AvgIpc) is 3.04. The molecule has 1 fully saturated rings. The van der Waals surface area contributed by atoms with Crippen molar-refractivity contribution < 1.29 is 28.8 Å². The number of nitrogens with zero attached hydrogens (tertiary/aromatic N) is 3. The van der Waals surface area contributed by atoms with Crippen LogP contribution in [-0.2, 0) is 9.53 Å². The second-order valence-electron chi connectivity index (χ2n) is 10.4. The van der Waals surface area contributed by atoms with Gasteiger partial charge < -0.3 is 24.1 Å². The summed E-state index contributed by atoms with van der Waals surface area (Å²) in [4.78, 5) is 19.2. The fourth-order valence-corrected chi connectivity index (χ4v) is 6.14. The summed E-state index contributed by atoms with van der Waals surface area (Å²) in [6.45, 7) is 0.227. The monoisotopic (exact) mass is 696 g/mol. The van der Waals surface area contributed by atoms with Gasteiger partial charge in [-0.2, -0.15) is 14.5 Å². The number of hydrogen-bond acceptors (Lipinski definition) is 7. The number of aliphatic carboxylic acids is 1. The van der Waals surface area contributed by atoms with Crippen molar-refractivity contribution in [2.45, 2.75) is 38.5 Å². The molecule has 0 saturated heterocycles. The second kappa shape index (κ2) is 16.5. The number of carbonyl (C=O) groups is 1. The first-order chi connectivity index (χ1) is 21.7. The van der Waals surface area contributed by atoms with Gasteiger partial charge in [0.2, 0.25) is 6.34 Å². The summed E-state index contributed by atoms with van der Waals surface area (Å²) < 4.78 is 22.1. The third-order valence-electron chi connectivity index (χ3n) is 7.43. The SMILES string of the molecule is COc1ccc([N+]2(c3ccc(OC)c(Cl)c3)C=NC=NC2OCC2CCCCC2)cc1Cl.O=C(O)COc1ccc(Cl)cc1Cl. The Morgan fingerprint density at radius 2 is 1.42 bits per heavy atom. The molecule has 45 heavy (non-hydrogen) atoms. The molecule has 1 heterocycles. The number of quaternary nitrogens is 1. The van der Waals surface area contributed by atoms with E-state index in [-0.39, 0.29) is 4.48 Å². The number of hydrogen-bond donors (Lipinski definition) is 1. The van der Waals surface area contributed by atoms with Gasteiger partial charge in [0, 0.05) is 29.3 Å². The molecule has 0 radical (unpaired) electrons. The lowest BCUT2D eigenvalue weighted by Crippen LogP contribution is -2.54. The summed E-state index contributed by atoms with van der Waals surface area (Å²) in [6.07, 6.45) is 8.98. The first-order valence-corrected chi connectivity index (χ1v) is 15.7. The molecular weight excluding hydrogens is 664 g/mol. The number of rotatable bonds is 10. The van der Waals surface area contributed by atoms with Crippen LogP contribution in [0.2, 0.25) is 20.1 Å². The highest BCUT2D eigenvalue weighted by atomic mass is 35.5. The number of ether oxygens (including phenoxy) is 4. The van der Waals surface area contributed by atoms with Crippen LogP contribution in [0.3, 0.4) is 0 Å². The number of benzene rings is 3. The van der Waals surface area contributed by atoms with E-state index < -0.39 is 18.9 Å². The normalized spacial score (nSPS) is 17.2. The number of aliphatic imine (C=N–C) groups is 2. The third kappa shape index (κ3) is 8.82. The van der Waals surface area contributed by atoms with Gasteiger partial charge in [0.15, 0.2) is 6.61 Å². The molecule has 9 nitrogen and oxygen atoms in total. The molecule has 1 aliphatic heterocycles. The van der Waals surface area contributed by atoms with Crippen LogP contribution in [0, 0.1) is 5.92 Å². The molecule has 1 saturated carbocycles. The topological polar surface area (TPSA) is 98.9 Å². The molecule has 5 rings (SSSR count). The first-order valence-electron chi connectivity index (χ1n) is 14.2. The minimum absolute atomic E-state index is 0.0939. The van der Waals surface area contributed by atoms with Crippen molar-refractivity contribution in [3.05, 3.63) is 74.7 Å².